The number of rotatable bonds is 18. The van der Waals surface area contributed by atoms with Crippen LogP contribution in [0.25, 0.3) is 0 Å². The number of cyclic esters (lactones) is 6. The predicted octanol–water partition coefficient (Wildman–Crippen LogP) is 7.79. The summed E-state index contributed by atoms with van der Waals surface area (Å²) < 4.78 is 59.2. The number of hydrogen-bond donors (Lipinski definition) is 0. The van der Waals surface area contributed by atoms with E-state index in [2.05, 4.69) is 9.47 Å². The molecule has 24 nitrogen and oxygen atoms in total. The second kappa shape index (κ2) is 34.7. The van der Waals surface area contributed by atoms with E-state index in [9.17, 15) is 57.5 Å². The van der Waals surface area contributed by atoms with Crippen molar-refractivity contribution < 1.29 is 114 Å². The van der Waals surface area contributed by atoms with Gasteiger partial charge in [0.15, 0.2) is 0 Å². The van der Waals surface area contributed by atoms with Crippen LogP contribution in [0.1, 0.15) is 196 Å². The molecule has 0 aromatic carbocycles. The van der Waals surface area contributed by atoms with Gasteiger partial charge in [0.2, 0.25) is 24.4 Å². The highest BCUT2D eigenvalue weighted by Crippen LogP contribution is 2.34. The molecule has 9 atom stereocenters. The van der Waals surface area contributed by atoms with Crippen LogP contribution in [0.2, 0.25) is 0 Å². The lowest BCUT2D eigenvalue weighted by Crippen LogP contribution is -2.39. The van der Waals surface area contributed by atoms with Gasteiger partial charge in [0.05, 0.1) is 60.1 Å². The third-order valence-corrected chi connectivity index (χ3v) is 15.3. The highest BCUT2D eigenvalue weighted by molar-refractivity contribution is 5.85. The molecule has 9 unspecified atom stereocenters. The smallest absolute Gasteiger partial charge is 0.348 e. The maximum atomic E-state index is 11.9. The van der Waals surface area contributed by atoms with E-state index in [1.165, 1.54) is 0 Å². The zero-order chi connectivity index (χ0) is 65.4. The number of hydrogen-bond acceptors (Lipinski definition) is 24. The van der Waals surface area contributed by atoms with Crippen molar-refractivity contribution in [2.24, 2.45) is 44.8 Å². The van der Waals surface area contributed by atoms with Crippen LogP contribution in [0.5, 0.6) is 0 Å². The average molecular weight is 1220 g/mol. The topological polar surface area (TPSA) is 316 Å². The first kappa shape index (κ1) is 76.7. The van der Waals surface area contributed by atoms with Crippen LogP contribution in [0, 0.1) is 44.8 Å². The minimum Gasteiger partial charge on any atom is -0.463 e. The van der Waals surface area contributed by atoms with E-state index in [1.807, 2.05) is 96.9 Å². The largest absolute Gasteiger partial charge is 0.463 e. The molecule has 6 saturated heterocycles. The van der Waals surface area contributed by atoms with Crippen molar-refractivity contribution in [2.75, 3.05) is 39.6 Å². The van der Waals surface area contributed by atoms with Gasteiger partial charge in [-0.25, -0.2) is 19.2 Å². The molecule has 0 bridgehead atoms. The molecule has 486 valence electrons. The quantitative estimate of drug-likeness (QED) is 0.0933. The molecule has 6 heterocycles. The Bertz CT molecular complexity index is 2300. The van der Waals surface area contributed by atoms with Gasteiger partial charge in [-0.3, -0.25) is 38.4 Å². The van der Waals surface area contributed by atoms with E-state index >= 15 is 0 Å². The SMILES string of the molecule is CCC(C)(C)C(=O)OC1C(=O)OCC1(C)C.CCC(C)(C)C(=O)OC1CCOC1=O.CCC(C)(C)C(=O)OC1COC(=O)C1.CCC(C)C(=O)OC1C(=O)OCC1(C)C.CCC(C)C(=O)OC1CCOC1=O.CCC(C)C(=O)OC1COC(=O)C1. The molecule has 0 spiro atoms. The standard InChI is InChI=1S/C12H20O4.C11H18O4.2C10H16O4.2C9H14O4/c1-6-11(2,3)10(14)16-8-9(13)15-7-12(8,4)5;1-5-7(2)9(12)15-8-10(13)14-6-11(8,3)4;1-4-10(2,3)9(12)14-7-5-8(11)13-6-7;1-4-10(2,3)9(12)14-7-5-6-13-8(7)11;1-3-6(2)9(11)13-7-4-8(10)12-5-7;1-3-6(2)8(10)13-7-4-5-12-9(7)11/h8H,6-7H2,1-5H3;7-8H,5-6H2,1-4H3;2*7H,4-6H2,1-3H3;2*6-7H,3-5H2,1-2H3. The van der Waals surface area contributed by atoms with Gasteiger partial charge >= 0.3 is 71.6 Å². The molecule has 0 saturated carbocycles. The molecule has 6 aliphatic heterocycles. The first-order valence-electron chi connectivity index (χ1n) is 29.5. The van der Waals surface area contributed by atoms with Crippen molar-refractivity contribution in [3.63, 3.8) is 0 Å². The maximum absolute atomic E-state index is 11.9. The Morgan fingerprint density at radius 3 is 1.06 bits per heavy atom. The van der Waals surface area contributed by atoms with Crippen LogP contribution < -0.4 is 0 Å². The first-order chi connectivity index (χ1) is 39.3. The lowest BCUT2D eigenvalue weighted by molar-refractivity contribution is -0.170. The summed E-state index contributed by atoms with van der Waals surface area (Å²) in [5.41, 5.74) is -2.41. The zero-order valence-corrected chi connectivity index (χ0v) is 53.8. The number of carbonyl (C=O) groups excluding carboxylic acids is 12. The highest BCUT2D eigenvalue weighted by atomic mass is 16.6. The van der Waals surface area contributed by atoms with Crippen molar-refractivity contribution in [1.82, 2.24) is 0 Å². The highest BCUT2D eigenvalue weighted by Gasteiger charge is 2.49. The summed E-state index contributed by atoms with van der Waals surface area (Å²) in [6, 6.07) is 0. The fraction of sp³-hybridized carbons (Fsp3) is 0.803. The summed E-state index contributed by atoms with van der Waals surface area (Å²) in [5.74, 6) is -4.54. The lowest BCUT2D eigenvalue weighted by Gasteiger charge is -2.27. The number of ether oxygens (including phenoxy) is 12. The van der Waals surface area contributed by atoms with Crippen molar-refractivity contribution in [2.45, 2.75) is 232 Å². The van der Waals surface area contributed by atoms with Gasteiger partial charge in [-0.1, -0.05) is 90.0 Å². The molecule has 0 aliphatic carbocycles. The van der Waals surface area contributed by atoms with Crippen LogP contribution in [0.15, 0.2) is 0 Å². The molecular weight excluding hydrogens is 1120 g/mol. The molecule has 6 fully saturated rings. The molecule has 0 radical (unpaired) electrons. The van der Waals surface area contributed by atoms with Gasteiger partial charge in [0, 0.05) is 23.7 Å². The number of esters is 12. The van der Waals surface area contributed by atoms with E-state index in [-0.39, 0.29) is 104 Å². The molecule has 0 aromatic heterocycles. The van der Waals surface area contributed by atoms with Gasteiger partial charge in [0.25, 0.3) is 0 Å². The summed E-state index contributed by atoms with van der Waals surface area (Å²) >= 11 is 0. The molecule has 85 heavy (non-hydrogen) atoms. The fourth-order valence-electron chi connectivity index (χ4n) is 6.74. The van der Waals surface area contributed by atoms with Crippen molar-refractivity contribution in [3.05, 3.63) is 0 Å². The minimum absolute atomic E-state index is 0.101. The van der Waals surface area contributed by atoms with E-state index in [1.54, 1.807) is 34.6 Å². The molecule has 6 aliphatic rings. The van der Waals surface area contributed by atoms with Crippen LogP contribution in [-0.4, -0.2) is 148 Å². The van der Waals surface area contributed by atoms with Crippen LogP contribution in [0.3, 0.4) is 0 Å². The second-order valence-electron chi connectivity index (χ2n) is 25.0. The molecule has 6 rings (SSSR count). The Morgan fingerprint density at radius 2 is 0.753 bits per heavy atom. The minimum atomic E-state index is -0.772. The molecular formula is C61H98O24. The van der Waals surface area contributed by atoms with Crippen molar-refractivity contribution in [1.29, 1.82) is 0 Å². The zero-order valence-electron chi connectivity index (χ0n) is 53.8. The third-order valence-electron chi connectivity index (χ3n) is 15.3. The van der Waals surface area contributed by atoms with Crippen molar-refractivity contribution in [3.8, 4) is 0 Å². The van der Waals surface area contributed by atoms with Crippen LogP contribution >= 0.6 is 0 Å². The summed E-state index contributed by atoms with van der Waals surface area (Å²) in [7, 11) is 0. The van der Waals surface area contributed by atoms with Crippen LogP contribution in [0.4, 0.5) is 0 Å². The van der Waals surface area contributed by atoms with E-state index < -0.39 is 75.4 Å². The number of carbonyl (C=O) groups is 12. The average Bonchev–Trinajstić information content (AvgIpc) is 3.67. The maximum Gasteiger partial charge on any atom is 0.348 e. The van der Waals surface area contributed by atoms with Gasteiger partial charge in [-0.2, -0.15) is 0 Å². The van der Waals surface area contributed by atoms with Gasteiger partial charge < -0.3 is 56.8 Å². The fourth-order valence-corrected chi connectivity index (χ4v) is 6.74. The van der Waals surface area contributed by atoms with E-state index in [0.717, 1.165) is 12.8 Å². The van der Waals surface area contributed by atoms with Crippen LogP contribution in [-0.2, 0) is 114 Å². The van der Waals surface area contributed by atoms with E-state index in [4.69, 9.17) is 47.4 Å². The lowest BCUT2D eigenvalue weighted by atomic mass is 9.88. The van der Waals surface area contributed by atoms with Gasteiger partial charge in [-0.05, 0) is 80.1 Å². The normalized spacial score (nSPS) is 23.6. The Kier molecular flexibility index (Phi) is 31.3. The summed E-state index contributed by atoms with van der Waals surface area (Å²) in [6.07, 6.45) is 1.98. The molecule has 0 N–H and O–H groups in total. The Labute approximate surface area is 501 Å². The molecule has 24 heteroatoms. The Hall–Kier alpha value is -6.36. The van der Waals surface area contributed by atoms with Gasteiger partial charge in [-0.15, -0.1) is 0 Å². The van der Waals surface area contributed by atoms with Gasteiger partial charge in [0.1, 0.15) is 38.6 Å². The Morgan fingerprint density at radius 1 is 0.435 bits per heavy atom. The summed E-state index contributed by atoms with van der Waals surface area (Å²) in [4.78, 5) is 135. The first-order valence-corrected chi connectivity index (χ1v) is 29.5. The second-order valence-corrected chi connectivity index (χ2v) is 25.0. The van der Waals surface area contributed by atoms with Crippen molar-refractivity contribution >= 4 is 71.6 Å². The predicted molar refractivity (Wildman–Crippen MR) is 302 cm³/mol. The summed E-state index contributed by atoms with van der Waals surface area (Å²) in [6.45, 7) is 36.9. The summed E-state index contributed by atoms with van der Waals surface area (Å²) in [5, 5.41) is 0. The molecule has 0 amide bonds. The van der Waals surface area contributed by atoms with E-state index in [0.29, 0.717) is 65.0 Å². The monoisotopic (exact) mass is 1210 g/mol. The Balaban J connectivity index is 0.000000511. The third kappa shape index (κ3) is 25.2. The molecule has 0 aromatic rings.